The van der Waals surface area contributed by atoms with Gasteiger partial charge in [-0.25, -0.2) is 4.98 Å². The number of halogens is 2. The number of rotatable bonds is 3. The minimum absolute atomic E-state index is 0.525. The fourth-order valence-corrected chi connectivity index (χ4v) is 4.04. The summed E-state index contributed by atoms with van der Waals surface area (Å²) in [6, 6.07) is 33.4. The fraction of sp³-hybridized carbons (Fsp3) is 0.0667. The molecule has 0 radical (unpaired) electrons. The molecule has 2 heterocycles. The molecule has 0 bridgehead atoms. The Morgan fingerprint density at radius 1 is 0.622 bits per heavy atom. The summed E-state index contributed by atoms with van der Waals surface area (Å²) in [5.74, 6) is 0. The highest BCUT2D eigenvalue weighted by atomic mass is 79.9. The molecule has 0 unspecified atom stereocenters. The molecule has 0 aliphatic carbocycles. The van der Waals surface area contributed by atoms with E-state index in [9.17, 15) is 0 Å². The molecule has 2 N–H and O–H groups in total. The van der Waals surface area contributed by atoms with Crippen molar-refractivity contribution in [3.8, 4) is 22.4 Å². The Morgan fingerprint density at radius 3 is 1.62 bits per heavy atom. The summed E-state index contributed by atoms with van der Waals surface area (Å²) >= 11 is 6.61. The molecule has 0 atom stereocenters. The van der Waals surface area contributed by atoms with Crippen molar-refractivity contribution in [2.24, 2.45) is 0 Å². The van der Waals surface area contributed by atoms with E-state index in [1.54, 1.807) is 30.5 Å². The quantitative estimate of drug-likeness (QED) is 0.169. The van der Waals surface area contributed by atoms with Crippen LogP contribution < -0.4 is 5.46 Å². The van der Waals surface area contributed by atoms with E-state index in [1.807, 2.05) is 49.5 Å². The molecule has 37 heavy (non-hydrogen) atoms. The smallest absolute Gasteiger partial charge is 0.423 e. The average molecular weight is 618 g/mol. The summed E-state index contributed by atoms with van der Waals surface area (Å²) in [5.41, 5.74) is 7.56. The summed E-state index contributed by atoms with van der Waals surface area (Å²) < 4.78 is 1.92. The van der Waals surface area contributed by atoms with Crippen molar-refractivity contribution in [1.82, 2.24) is 9.97 Å². The molecule has 0 aliphatic heterocycles. The van der Waals surface area contributed by atoms with Crippen molar-refractivity contribution in [2.75, 3.05) is 0 Å². The first-order valence-corrected chi connectivity index (χ1v) is 13.2. The largest absolute Gasteiger partial charge is 0.488 e. The third-order valence-corrected chi connectivity index (χ3v) is 6.64. The monoisotopic (exact) mass is 616 g/mol. The number of aromatic nitrogens is 2. The maximum absolute atomic E-state index is 8.58. The first-order chi connectivity index (χ1) is 17.8. The van der Waals surface area contributed by atoms with Gasteiger partial charge in [0, 0.05) is 28.0 Å². The van der Waals surface area contributed by atoms with Crippen LogP contribution in [-0.2, 0) is 0 Å². The number of nitrogens with zero attached hydrogens (tertiary/aromatic N) is 2. The molecule has 0 aliphatic rings. The molecule has 5 aromatic rings. The molecule has 0 saturated carbocycles. The third-order valence-electron chi connectivity index (χ3n) is 5.38. The van der Waals surface area contributed by atoms with Gasteiger partial charge in [0.25, 0.3) is 0 Å². The molecular formula is C30H27BBr2N2O2. The van der Waals surface area contributed by atoms with Gasteiger partial charge >= 0.3 is 7.12 Å². The van der Waals surface area contributed by atoms with Crippen LogP contribution in [0.5, 0.6) is 0 Å². The second kappa shape index (κ2) is 14.6. The van der Waals surface area contributed by atoms with Crippen LogP contribution in [0.3, 0.4) is 0 Å². The van der Waals surface area contributed by atoms with E-state index in [4.69, 9.17) is 10.0 Å². The number of hydrogen-bond donors (Lipinski definition) is 2. The van der Waals surface area contributed by atoms with E-state index in [-0.39, 0.29) is 0 Å². The zero-order valence-electron chi connectivity index (χ0n) is 20.6. The van der Waals surface area contributed by atoms with Crippen molar-refractivity contribution in [3.63, 3.8) is 0 Å². The van der Waals surface area contributed by atoms with E-state index in [0.29, 0.717) is 5.46 Å². The predicted octanol–water partition coefficient (Wildman–Crippen LogP) is 7.01. The van der Waals surface area contributed by atoms with Crippen LogP contribution in [0.4, 0.5) is 0 Å². The summed E-state index contributed by atoms with van der Waals surface area (Å²) in [6.07, 6.45) is 3.74. The summed E-state index contributed by atoms with van der Waals surface area (Å²) in [7, 11) is -1.34. The van der Waals surface area contributed by atoms with Gasteiger partial charge in [-0.3, -0.25) is 4.98 Å². The van der Waals surface area contributed by atoms with Gasteiger partial charge in [-0.15, -0.1) is 0 Å². The highest BCUT2D eigenvalue weighted by Crippen LogP contribution is 2.26. The van der Waals surface area contributed by atoms with Gasteiger partial charge < -0.3 is 10.0 Å². The van der Waals surface area contributed by atoms with Crippen molar-refractivity contribution in [3.05, 3.63) is 136 Å². The van der Waals surface area contributed by atoms with Crippen molar-refractivity contribution in [1.29, 1.82) is 0 Å². The molecule has 2 aromatic heterocycles. The van der Waals surface area contributed by atoms with E-state index >= 15 is 0 Å². The Kier molecular flexibility index (Phi) is 11.2. The van der Waals surface area contributed by atoms with Crippen LogP contribution in [0.25, 0.3) is 22.4 Å². The minimum Gasteiger partial charge on any atom is -0.423 e. The van der Waals surface area contributed by atoms with E-state index in [2.05, 4.69) is 91.2 Å². The molecular weight excluding hydrogens is 591 g/mol. The van der Waals surface area contributed by atoms with Crippen LogP contribution in [0, 0.1) is 13.8 Å². The first kappa shape index (κ1) is 28.5. The zero-order chi connectivity index (χ0) is 26.6. The van der Waals surface area contributed by atoms with Gasteiger partial charge in [-0.1, -0.05) is 91.0 Å². The average Bonchev–Trinajstić information content (AvgIpc) is 2.93. The summed E-state index contributed by atoms with van der Waals surface area (Å²) in [6.45, 7) is 4.16. The molecule has 0 amide bonds. The molecule has 0 fully saturated rings. The summed E-state index contributed by atoms with van der Waals surface area (Å²) in [4.78, 5) is 8.60. The lowest BCUT2D eigenvalue weighted by Crippen LogP contribution is -2.29. The minimum atomic E-state index is -1.34. The molecule has 0 saturated heterocycles. The number of hydrogen-bond acceptors (Lipinski definition) is 4. The van der Waals surface area contributed by atoms with Crippen LogP contribution in [-0.4, -0.2) is 27.1 Å². The van der Waals surface area contributed by atoms with E-state index < -0.39 is 7.12 Å². The van der Waals surface area contributed by atoms with Crippen LogP contribution in [0.2, 0.25) is 0 Å². The number of aryl methyl sites for hydroxylation is 2. The lowest BCUT2D eigenvalue weighted by molar-refractivity contribution is 0.426. The lowest BCUT2D eigenvalue weighted by Gasteiger charge is -2.08. The normalized spacial score (nSPS) is 9.89. The molecule has 186 valence electrons. The zero-order valence-corrected chi connectivity index (χ0v) is 23.8. The maximum Gasteiger partial charge on any atom is 0.488 e. The van der Waals surface area contributed by atoms with E-state index in [1.165, 1.54) is 22.3 Å². The van der Waals surface area contributed by atoms with Gasteiger partial charge in [0.1, 0.15) is 4.60 Å². The number of pyridine rings is 2. The van der Waals surface area contributed by atoms with Gasteiger partial charge in [0.2, 0.25) is 0 Å². The van der Waals surface area contributed by atoms with Gasteiger partial charge in [0.15, 0.2) is 0 Å². The summed E-state index contributed by atoms with van der Waals surface area (Å²) in [5, 5.41) is 17.2. The first-order valence-electron chi connectivity index (χ1n) is 11.6. The predicted molar refractivity (Wildman–Crippen MR) is 160 cm³/mol. The SMILES string of the molecule is Cc1cc(-c2ccccc2)ncc1-c1ccccc1.Cc1cc(Br)ncc1Br.OB(O)c1ccccc1. The van der Waals surface area contributed by atoms with Crippen LogP contribution in [0.1, 0.15) is 11.1 Å². The standard InChI is InChI=1S/C18H15N.C6H7BO2.C6H5Br2N/c1-14-12-18(16-10-6-3-7-11-16)19-13-17(14)15-8-4-2-5-9-15;8-7(9)6-4-2-1-3-5-6;1-4-2-6(8)9-3-5(4)7/h2-13H,1H3;1-5,8-9H;2-3H,1H3. The maximum atomic E-state index is 8.58. The highest BCUT2D eigenvalue weighted by Gasteiger charge is 2.07. The van der Waals surface area contributed by atoms with Crippen molar-refractivity contribution < 1.29 is 10.0 Å². The molecule has 4 nitrogen and oxygen atoms in total. The topological polar surface area (TPSA) is 66.2 Å². The van der Waals surface area contributed by atoms with Crippen LogP contribution >= 0.6 is 31.9 Å². The Balaban J connectivity index is 0.000000176. The Labute approximate surface area is 235 Å². The molecule has 3 aromatic carbocycles. The Hall–Kier alpha value is -3.10. The van der Waals surface area contributed by atoms with Crippen LogP contribution in [0.15, 0.2) is 125 Å². The molecule has 7 heteroatoms. The lowest BCUT2D eigenvalue weighted by atomic mass is 9.81. The van der Waals surface area contributed by atoms with E-state index in [0.717, 1.165) is 20.3 Å². The number of benzene rings is 3. The Morgan fingerprint density at radius 2 is 1.16 bits per heavy atom. The third kappa shape index (κ3) is 9.06. The molecule has 0 spiro atoms. The van der Waals surface area contributed by atoms with Crippen molar-refractivity contribution in [2.45, 2.75) is 13.8 Å². The second-order valence-electron chi connectivity index (χ2n) is 8.16. The fourth-order valence-electron chi connectivity index (χ4n) is 3.37. The van der Waals surface area contributed by atoms with Crippen molar-refractivity contribution >= 4 is 44.4 Å². The van der Waals surface area contributed by atoms with Gasteiger partial charge in [0.05, 0.1) is 5.69 Å². The van der Waals surface area contributed by atoms with Gasteiger partial charge in [-0.05, 0) is 80.0 Å². The van der Waals surface area contributed by atoms with Gasteiger partial charge in [-0.2, -0.15) is 0 Å². The second-order valence-corrected chi connectivity index (χ2v) is 9.82. The highest BCUT2D eigenvalue weighted by molar-refractivity contribution is 9.11. The molecule has 5 rings (SSSR count). The Bertz CT molecular complexity index is 1390.